The zero-order valence-electron chi connectivity index (χ0n) is 15.8. The van der Waals surface area contributed by atoms with E-state index < -0.39 is 11.2 Å². The Morgan fingerprint density at radius 1 is 0.867 bits per heavy atom. The molecule has 0 N–H and O–H groups in total. The summed E-state index contributed by atoms with van der Waals surface area (Å²) in [4.78, 5) is 29.4. The molecule has 2 aromatic carbocycles. The van der Waals surface area contributed by atoms with Crippen molar-refractivity contribution >= 4 is 10.9 Å². The highest BCUT2D eigenvalue weighted by molar-refractivity contribution is 5.80. The van der Waals surface area contributed by atoms with Crippen molar-refractivity contribution in [2.24, 2.45) is 0 Å². The van der Waals surface area contributed by atoms with E-state index in [4.69, 9.17) is 0 Å². The Bertz CT molecular complexity index is 1450. The molecule has 146 valence electrons. The van der Waals surface area contributed by atoms with E-state index in [2.05, 4.69) is 15.2 Å². The zero-order chi connectivity index (χ0) is 20.5. The lowest BCUT2D eigenvalue weighted by atomic mass is 10.2. The van der Waals surface area contributed by atoms with Gasteiger partial charge in [-0.05, 0) is 35.9 Å². The first-order valence-corrected chi connectivity index (χ1v) is 9.32. The molecule has 5 rings (SSSR count). The maximum Gasteiger partial charge on any atom is 0.352 e. The molecule has 0 bridgehead atoms. The lowest BCUT2D eigenvalue weighted by Gasteiger charge is -2.09. The van der Waals surface area contributed by atoms with E-state index >= 15 is 0 Å². The second-order valence-electron chi connectivity index (χ2n) is 6.78. The molecule has 0 atom stereocenters. The van der Waals surface area contributed by atoms with Gasteiger partial charge in [-0.15, -0.1) is 0 Å². The van der Waals surface area contributed by atoms with Crippen LogP contribution in [0.5, 0.6) is 0 Å². The van der Waals surface area contributed by atoms with Crippen molar-refractivity contribution in [1.82, 2.24) is 29.1 Å². The summed E-state index contributed by atoms with van der Waals surface area (Å²) in [5, 5.41) is 9.44. The van der Waals surface area contributed by atoms with Gasteiger partial charge in [-0.2, -0.15) is 14.9 Å². The molecule has 3 aromatic heterocycles. The Kier molecular flexibility index (Phi) is 4.29. The summed E-state index contributed by atoms with van der Waals surface area (Å²) in [6.07, 6.45) is 6.44. The standard InChI is InChI=1S/C22H16N6O2/c29-21-13-24-28(22(30)26(21)14-16-5-2-1-3-6-16)18-8-9-20-17(11-18)15-27(25-20)19-7-4-10-23-12-19/h1-13,15H,14H2. The second kappa shape index (κ2) is 7.25. The first kappa shape index (κ1) is 17.7. The first-order chi connectivity index (χ1) is 14.7. The predicted molar refractivity (Wildman–Crippen MR) is 112 cm³/mol. The normalized spacial score (nSPS) is 11.1. The molecular formula is C22H16N6O2. The molecule has 30 heavy (non-hydrogen) atoms. The largest absolute Gasteiger partial charge is 0.352 e. The summed E-state index contributed by atoms with van der Waals surface area (Å²) in [7, 11) is 0. The van der Waals surface area contributed by atoms with Crippen molar-refractivity contribution in [3.8, 4) is 11.4 Å². The highest BCUT2D eigenvalue weighted by Gasteiger charge is 2.11. The van der Waals surface area contributed by atoms with E-state index in [1.807, 2.05) is 60.8 Å². The van der Waals surface area contributed by atoms with Gasteiger partial charge in [-0.25, -0.2) is 9.48 Å². The minimum atomic E-state index is -0.495. The van der Waals surface area contributed by atoms with Crippen LogP contribution in [0.25, 0.3) is 22.3 Å². The van der Waals surface area contributed by atoms with Crippen LogP contribution in [0.4, 0.5) is 0 Å². The topological polar surface area (TPSA) is 87.6 Å². The number of rotatable bonds is 4. The number of hydrogen-bond acceptors (Lipinski definition) is 5. The van der Waals surface area contributed by atoms with Crippen LogP contribution in [-0.2, 0) is 6.54 Å². The lowest BCUT2D eigenvalue weighted by molar-refractivity contribution is 0.617. The summed E-state index contributed by atoms with van der Waals surface area (Å²) >= 11 is 0. The average molecular weight is 396 g/mol. The molecule has 0 aliphatic carbocycles. The van der Waals surface area contributed by atoms with Crippen LogP contribution in [-0.4, -0.2) is 29.1 Å². The first-order valence-electron chi connectivity index (χ1n) is 9.32. The van der Waals surface area contributed by atoms with Gasteiger partial charge in [0, 0.05) is 17.8 Å². The third kappa shape index (κ3) is 3.20. The van der Waals surface area contributed by atoms with Gasteiger partial charge >= 0.3 is 5.69 Å². The second-order valence-corrected chi connectivity index (χ2v) is 6.78. The highest BCUT2D eigenvalue weighted by Crippen LogP contribution is 2.18. The van der Waals surface area contributed by atoms with Crippen LogP contribution in [0.2, 0.25) is 0 Å². The van der Waals surface area contributed by atoms with Crippen molar-refractivity contribution in [2.45, 2.75) is 6.54 Å². The van der Waals surface area contributed by atoms with Gasteiger partial charge in [0.05, 0.1) is 29.6 Å². The molecule has 0 saturated heterocycles. The molecule has 3 heterocycles. The molecule has 0 radical (unpaired) electrons. The molecule has 0 amide bonds. The van der Waals surface area contributed by atoms with Crippen LogP contribution in [0.1, 0.15) is 5.56 Å². The van der Waals surface area contributed by atoms with Crippen molar-refractivity contribution in [2.75, 3.05) is 0 Å². The molecule has 5 aromatic rings. The van der Waals surface area contributed by atoms with E-state index in [1.165, 1.54) is 9.25 Å². The van der Waals surface area contributed by atoms with Crippen LogP contribution >= 0.6 is 0 Å². The maximum absolute atomic E-state index is 13.0. The third-order valence-electron chi connectivity index (χ3n) is 4.79. The number of aromatic nitrogens is 6. The fourth-order valence-corrected chi connectivity index (χ4v) is 3.29. The zero-order valence-corrected chi connectivity index (χ0v) is 15.8. The number of pyridine rings is 1. The molecule has 0 fully saturated rings. The minimum Gasteiger partial charge on any atom is -0.267 e. The van der Waals surface area contributed by atoms with Crippen LogP contribution < -0.4 is 11.2 Å². The quantitative estimate of drug-likeness (QED) is 0.465. The molecule has 0 saturated carbocycles. The van der Waals surface area contributed by atoms with Gasteiger partial charge in [0.15, 0.2) is 0 Å². The molecular weight excluding hydrogens is 380 g/mol. The molecule has 0 spiro atoms. The number of benzene rings is 2. The van der Waals surface area contributed by atoms with Crippen molar-refractivity contribution in [3.05, 3.63) is 112 Å². The Labute approximate surface area is 170 Å². The van der Waals surface area contributed by atoms with Crippen molar-refractivity contribution < 1.29 is 0 Å². The Morgan fingerprint density at radius 2 is 1.73 bits per heavy atom. The Hall–Kier alpha value is -4.33. The van der Waals surface area contributed by atoms with Crippen molar-refractivity contribution in [3.63, 3.8) is 0 Å². The van der Waals surface area contributed by atoms with E-state index in [9.17, 15) is 9.59 Å². The van der Waals surface area contributed by atoms with Crippen LogP contribution in [0, 0.1) is 0 Å². The third-order valence-corrected chi connectivity index (χ3v) is 4.79. The number of nitrogens with zero attached hydrogens (tertiary/aromatic N) is 6. The summed E-state index contributed by atoms with van der Waals surface area (Å²) in [5.74, 6) is 0. The van der Waals surface area contributed by atoms with Gasteiger partial charge < -0.3 is 0 Å². The van der Waals surface area contributed by atoms with E-state index in [0.717, 1.165) is 28.4 Å². The molecule has 8 nitrogen and oxygen atoms in total. The van der Waals surface area contributed by atoms with E-state index in [0.29, 0.717) is 5.69 Å². The van der Waals surface area contributed by atoms with Crippen LogP contribution in [0.15, 0.2) is 95.0 Å². The molecule has 8 heteroatoms. The average Bonchev–Trinajstić information content (AvgIpc) is 3.21. The Morgan fingerprint density at radius 3 is 2.53 bits per heavy atom. The molecule has 0 aliphatic rings. The van der Waals surface area contributed by atoms with E-state index in [1.54, 1.807) is 23.1 Å². The minimum absolute atomic E-state index is 0.183. The van der Waals surface area contributed by atoms with E-state index in [-0.39, 0.29) is 6.54 Å². The summed E-state index contributed by atoms with van der Waals surface area (Å²) in [6, 6.07) is 18.5. The Balaban J connectivity index is 1.57. The fourth-order valence-electron chi connectivity index (χ4n) is 3.29. The van der Waals surface area contributed by atoms with Crippen LogP contribution in [0.3, 0.4) is 0 Å². The summed E-state index contributed by atoms with van der Waals surface area (Å²) in [5.41, 5.74) is 2.09. The van der Waals surface area contributed by atoms with Gasteiger partial charge in [-0.1, -0.05) is 30.3 Å². The van der Waals surface area contributed by atoms with Gasteiger partial charge in [0.1, 0.15) is 6.20 Å². The smallest absolute Gasteiger partial charge is 0.267 e. The van der Waals surface area contributed by atoms with Gasteiger partial charge in [-0.3, -0.25) is 14.3 Å². The predicted octanol–water partition coefficient (Wildman–Crippen LogP) is 2.18. The lowest BCUT2D eigenvalue weighted by Crippen LogP contribution is -2.40. The maximum atomic E-state index is 13.0. The summed E-state index contributed by atoms with van der Waals surface area (Å²) < 4.78 is 4.13. The molecule has 0 unspecified atom stereocenters. The SMILES string of the molecule is O=c1cnn(-c2ccc3nn(-c4cccnc4)cc3c2)c(=O)n1Cc1ccccc1. The van der Waals surface area contributed by atoms with Gasteiger partial charge in [0.2, 0.25) is 0 Å². The number of fused-ring (bicyclic) bond motifs is 1. The highest BCUT2D eigenvalue weighted by atomic mass is 16.2. The molecule has 0 aliphatic heterocycles. The number of hydrogen-bond donors (Lipinski definition) is 0. The fraction of sp³-hybridized carbons (Fsp3) is 0.0455. The van der Waals surface area contributed by atoms with Gasteiger partial charge in [0.25, 0.3) is 5.56 Å². The monoisotopic (exact) mass is 396 g/mol. The summed E-state index contributed by atoms with van der Waals surface area (Å²) in [6.45, 7) is 0.183. The van der Waals surface area contributed by atoms with Crippen molar-refractivity contribution in [1.29, 1.82) is 0 Å².